The molecular formula is C37H36Si. The molecule has 3 aromatic rings. The molecule has 188 valence electrons. The van der Waals surface area contributed by atoms with Crippen LogP contribution in [-0.4, -0.2) is 8.07 Å². The highest BCUT2D eigenvalue weighted by Crippen LogP contribution is 2.53. The van der Waals surface area contributed by atoms with Gasteiger partial charge in [-0.05, 0) is 53.8 Å². The molecule has 0 radical (unpaired) electrons. The first-order valence-electron chi connectivity index (χ1n) is 13.9. The van der Waals surface area contributed by atoms with Gasteiger partial charge in [0, 0.05) is 11.5 Å². The van der Waals surface area contributed by atoms with Crippen molar-refractivity contribution in [3.63, 3.8) is 0 Å². The molecule has 0 fully saturated rings. The molecule has 6 rings (SSSR count). The second-order valence-electron chi connectivity index (χ2n) is 11.1. The van der Waals surface area contributed by atoms with Crippen molar-refractivity contribution in [2.24, 2.45) is 5.92 Å². The average molecular weight is 509 g/mol. The van der Waals surface area contributed by atoms with Crippen LogP contribution in [0.5, 0.6) is 0 Å². The maximum Gasteiger partial charge on any atom is 0.156 e. The Balaban J connectivity index is 1.69. The van der Waals surface area contributed by atoms with Gasteiger partial charge in [0.25, 0.3) is 0 Å². The van der Waals surface area contributed by atoms with Gasteiger partial charge in [0.1, 0.15) is 0 Å². The van der Waals surface area contributed by atoms with Gasteiger partial charge in [-0.3, -0.25) is 0 Å². The summed E-state index contributed by atoms with van der Waals surface area (Å²) in [5, 5.41) is 4.67. The maximum atomic E-state index is 2.53. The van der Waals surface area contributed by atoms with Gasteiger partial charge >= 0.3 is 0 Å². The highest BCUT2D eigenvalue weighted by Gasteiger charge is 2.53. The van der Waals surface area contributed by atoms with E-state index < -0.39 is 8.07 Å². The highest BCUT2D eigenvalue weighted by atomic mass is 28.3. The first-order valence-corrected chi connectivity index (χ1v) is 15.9. The molecule has 0 amide bonds. The third kappa shape index (κ3) is 3.80. The van der Waals surface area contributed by atoms with E-state index in [0.29, 0.717) is 11.5 Å². The second kappa shape index (κ2) is 9.89. The third-order valence-corrected chi connectivity index (χ3v) is 14.7. The summed E-state index contributed by atoms with van der Waals surface area (Å²) in [6, 6.07) is 34.0. The monoisotopic (exact) mass is 508 g/mol. The van der Waals surface area contributed by atoms with Crippen LogP contribution in [0.1, 0.15) is 39.2 Å². The first kappa shape index (κ1) is 24.6. The van der Waals surface area contributed by atoms with Crippen LogP contribution in [0, 0.1) is 5.92 Å². The summed E-state index contributed by atoms with van der Waals surface area (Å²) in [6.45, 7) is 9.49. The number of allylic oxidation sites excluding steroid dienone is 12. The molecule has 3 atom stereocenters. The van der Waals surface area contributed by atoms with E-state index in [9.17, 15) is 0 Å². The number of rotatable bonds is 5. The topological polar surface area (TPSA) is 0 Å². The van der Waals surface area contributed by atoms with Crippen molar-refractivity contribution in [3.8, 4) is 0 Å². The molecule has 3 unspecified atom stereocenters. The van der Waals surface area contributed by atoms with Crippen LogP contribution in [0.4, 0.5) is 0 Å². The molecule has 0 heterocycles. The summed E-state index contributed by atoms with van der Waals surface area (Å²) < 4.78 is 0. The second-order valence-corrected chi connectivity index (χ2v) is 15.0. The zero-order valence-corrected chi connectivity index (χ0v) is 23.9. The van der Waals surface area contributed by atoms with Crippen molar-refractivity contribution in [1.82, 2.24) is 0 Å². The maximum absolute atomic E-state index is 2.55. The van der Waals surface area contributed by atoms with Crippen LogP contribution >= 0.6 is 0 Å². The molecule has 0 N–H and O–H groups in total. The smallest absolute Gasteiger partial charge is 0.0748 e. The summed E-state index contributed by atoms with van der Waals surface area (Å²) in [5.74, 6) is 0.674. The fourth-order valence-corrected chi connectivity index (χ4v) is 13.9. The molecule has 0 aromatic heterocycles. The van der Waals surface area contributed by atoms with Gasteiger partial charge in [0.05, 0.1) is 0 Å². The van der Waals surface area contributed by atoms with Crippen molar-refractivity contribution in [3.05, 3.63) is 166 Å². The number of hydrogen-bond acceptors (Lipinski definition) is 0. The highest BCUT2D eigenvalue weighted by molar-refractivity contribution is 7.09. The molecule has 0 spiro atoms. The van der Waals surface area contributed by atoms with Gasteiger partial charge in [-0.25, -0.2) is 0 Å². The Morgan fingerprint density at radius 1 is 0.658 bits per heavy atom. The molecule has 1 heteroatoms. The van der Waals surface area contributed by atoms with Crippen LogP contribution in [-0.2, 0) is 0 Å². The summed E-state index contributed by atoms with van der Waals surface area (Å²) in [7, 11) is -2.55. The zero-order chi connectivity index (χ0) is 26.3. The predicted molar refractivity (Wildman–Crippen MR) is 166 cm³/mol. The van der Waals surface area contributed by atoms with E-state index in [2.05, 4.69) is 155 Å². The molecule has 0 nitrogen and oxygen atoms in total. The lowest BCUT2D eigenvalue weighted by Crippen LogP contribution is -2.64. The van der Waals surface area contributed by atoms with Crippen molar-refractivity contribution < 1.29 is 0 Å². The molecule has 38 heavy (non-hydrogen) atoms. The van der Waals surface area contributed by atoms with Gasteiger partial charge in [0.15, 0.2) is 8.07 Å². The summed E-state index contributed by atoms with van der Waals surface area (Å²) in [6.07, 6.45) is 14.4. The van der Waals surface area contributed by atoms with Crippen LogP contribution in [0.25, 0.3) is 0 Å². The molecule has 3 aliphatic rings. The lowest BCUT2D eigenvalue weighted by Gasteiger charge is -2.44. The zero-order valence-electron chi connectivity index (χ0n) is 22.9. The van der Waals surface area contributed by atoms with Gasteiger partial charge in [0.2, 0.25) is 0 Å². The van der Waals surface area contributed by atoms with E-state index in [0.717, 1.165) is 0 Å². The van der Waals surface area contributed by atoms with Gasteiger partial charge < -0.3 is 0 Å². The molecule has 0 bridgehead atoms. The van der Waals surface area contributed by atoms with E-state index in [1.807, 2.05) is 0 Å². The number of hydrogen-bond donors (Lipinski definition) is 0. The Labute approximate surface area is 229 Å². The fraction of sp³-hybridized carbons (Fsp3) is 0.189. The fourth-order valence-electron chi connectivity index (χ4n) is 7.41. The van der Waals surface area contributed by atoms with Crippen LogP contribution in [0.15, 0.2) is 161 Å². The van der Waals surface area contributed by atoms with Crippen LogP contribution in [0.2, 0.25) is 5.54 Å². The lowest BCUT2D eigenvalue weighted by molar-refractivity contribution is 0.910. The SMILES string of the molecule is CC1=CC(C)C([Si](c2ccccc2)(c2ccccc2)C2C(C)=CC3=C2C=CC=CC3c2ccccc2)=C1C. The molecule has 0 saturated heterocycles. The van der Waals surface area contributed by atoms with E-state index in [1.54, 1.807) is 5.20 Å². The lowest BCUT2D eigenvalue weighted by atomic mass is 9.90. The van der Waals surface area contributed by atoms with Gasteiger partial charge in [-0.15, -0.1) is 0 Å². The molecule has 3 aliphatic carbocycles. The molecule has 3 aromatic carbocycles. The summed E-state index contributed by atoms with van der Waals surface area (Å²) in [5.41, 5.74) is 9.07. The van der Waals surface area contributed by atoms with Crippen molar-refractivity contribution in [1.29, 1.82) is 0 Å². The Morgan fingerprint density at radius 3 is 1.79 bits per heavy atom. The van der Waals surface area contributed by atoms with E-state index in [-0.39, 0.29) is 5.92 Å². The molecule has 0 saturated carbocycles. The number of benzene rings is 3. The first-order chi connectivity index (χ1) is 18.5. The van der Waals surface area contributed by atoms with Gasteiger partial charge in [-0.1, -0.05) is 156 Å². The van der Waals surface area contributed by atoms with E-state index >= 15 is 0 Å². The quantitative estimate of drug-likeness (QED) is 0.304. The summed E-state index contributed by atoms with van der Waals surface area (Å²) >= 11 is 0. The predicted octanol–water partition coefficient (Wildman–Crippen LogP) is 8.24. The Kier molecular flexibility index (Phi) is 6.41. The van der Waals surface area contributed by atoms with E-state index in [4.69, 9.17) is 0 Å². The normalized spacial score (nSPS) is 22.9. The third-order valence-electron chi connectivity index (χ3n) is 8.93. The van der Waals surface area contributed by atoms with Gasteiger partial charge in [-0.2, -0.15) is 0 Å². The molecular weight excluding hydrogens is 472 g/mol. The minimum atomic E-state index is -2.55. The largest absolute Gasteiger partial charge is 0.156 e. The van der Waals surface area contributed by atoms with Crippen molar-refractivity contribution >= 4 is 18.4 Å². The van der Waals surface area contributed by atoms with E-state index in [1.165, 1.54) is 43.8 Å². The minimum absolute atomic E-state index is 0.260. The van der Waals surface area contributed by atoms with Crippen LogP contribution < -0.4 is 10.4 Å². The van der Waals surface area contributed by atoms with Crippen molar-refractivity contribution in [2.45, 2.75) is 39.2 Å². The van der Waals surface area contributed by atoms with Crippen LogP contribution in [0.3, 0.4) is 0 Å². The van der Waals surface area contributed by atoms with Crippen molar-refractivity contribution in [2.75, 3.05) is 0 Å². The Bertz CT molecular complexity index is 1490. The molecule has 0 aliphatic heterocycles. The summed E-state index contributed by atoms with van der Waals surface area (Å²) in [4.78, 5) is 0. The minimum Gasteiger partial charge on any atom is -0.0748 e. The average Bonchev–Trinajstić information content (AvgIpc) is 3.31. The Hall–Kier alpha value is -3.68. The Morgan fingerprint density at radius 2 is 1.24 bits per heavy atom. The standard InChI is InChI=1S/C37H36Si/c1-26-24-27(2)36(29(26)4)38(31-18-10-6-11-19-31,32-20-12-7-13-21-32)37-28(3)25-35-33(22-14-15-23-34(35)37)30-16-8-5-9-17-30/h5-25,27,33,37H,1-4H3.